The second kappa shape index (κ2) is 5.52. The molecule has 0 unspecified atom stereocenters. The molecule has 3 rings (SSSR count). The molecule has 0 aliphatic heterocycles. The quantitative estimate of drug-likeness (QED) is 0.781. The normalized spacial score (nSPS) is 11.0. The number of phenols is 1. The number of alkyl halides is 1. The summed E-state index contributed by atoms with van der Waals surface area (Å²) >= 11 is 0. The third-order valence-electron chi connectivity index (χ3n) is 3.58. The predicted octanol–water partition coefficient (Wildman–Crippen LogP) is 3.05. The topological polar surface area (TPSA) is 62.5 Å². The van der Waals surface area contributed by atoms with E-state index in [2.05, 4.69) is 0 Å². The summed E-state index contributed by atoms with van der Waals surface area (Å²) in [5, 5.41) is 20.0. The summed E-state index contributed by atoms with van der Waals surface area (Å²) in [5.74, 6) is -0.527. The summed E-state index contributed by atoms with van der Waals surface area (Å²) in [7, 11) is 0. The molecule has 4 nitrogen and oxygen atoms in total. The number of hydrogen-bond donors (Lipinski definition) is 2. The van der Waals surface area contributed by atoms with Crippen molar-refractivity contribution < 1.29 is 14.6 Å². The average molecular weight is 299 g/mol. The molecule has 2 N–H and O–H groups in total. The standard InChI is InChI=1S/C17H14FNO3/c18-8-9-19-14-7-6-12(20)10-13(14)16(21)17(22)15(19)11-4-2-1-3-5-11/h1-7,10,20,22H,8-9H2. The van der Waals surface area contributed by atoms with E-state index in [1.165, 1.54) is 12.1 Å². The van der Waals surface area contributed by atoms with Crippen molar-refractivity contribution in [3.63, 3.8) is 0 Å². The molecule has 0 fully saturated rings. The molecule has 0 amide bonds. The van der Waals surface area contributed by atoms with E-state index in [0.717, 1.165) is 0 Å². The van der Waals surface area contributed by atoms with Crippen LogP contribution in [0.5, 0.6) is 11.5 Å². The molecule has 1 aromatic heterocycles. The zero-order valence-electron chi connectivity index (χ0n) is 11.7. The summed E-state index contributed by atoms with van der Waals surface area (Å²) in [6, 6.07) is 13.1. The number of rotatable bonds is 3. The van der Waals surface area contributed by atoms with Gasteiger partial charge in [0.15, 0.2) is 5.75 Å². The number of aryl methyl sites for hydroxylation is 1. The molecule has 2 aromatic carbocycles. The summed E-state index contributed by atoms with van der Waals surface area (Å²) in [6.45, 7) is -0.641. The fourth-order valence-corrected chi connectivity index (χ4v) is 2.63. The zero-order chi connectivity index (χ0) is 15.7. The molecular weight excluding hydrogens is 285 g/mol. The van der Waals surface area contributed by atoms with Crippen LogP contribution in [0.15, 0.2) is 53.3 Å². The lowest BCUT2D eigenvalue weighted by molar-refractivity contribution is 0.438. The van der Waals surface area contributed by atoms with E-state index >= 15 is 0 Å². The molecule has 0 aliphatic carbocycles. The van der Waals surface area contributed by atoms with Gasteiger partial charge in [0.1, 0.15) is 12.4 Å². The van der Waals surface area contributed by atoms with Crippen LogP contribution in [0, 0.1) is 0 Å². The van der Waals surface area contributed by atoms with Gasteiger partial charge >= 0.3 is 0 Å². The summed E-state index contributed by atoms with van der Waals surface area (Å²) in [5.41, 5.74) is 0.791. The Kier molecular flexibility index (Phi) is 3.55. The van der Waals surface area contributed by atoms with Crippen molar-refractivity contribution in [1.29, 1.82) is 0 Å². The number of nitrogens with zero attached hydrogens (tertiary/aromatic N) is 1. The molecule has 0 saturated heterocycles. The first kappa shape index (κ1) is 14.1. The van der Waals surface area contributed by atoms with Gasteiger partial charge in [-0.1, -0.05) is 30.3 Å². The maximum atomic E-state index is 13.0. The second-order valence-electron chi connectivity index (χ2n) is 4.93. The van der Waals surface area contributed by atoms with Crippen LogP contribution in [0.1, 0.15) is 0 Å². The van der Waals surface area contributed by atoms with Gasteiger partial charge in [0, 0.05) is 5.56 Å². The van der Waals surface area contributed by atoms with Crippen molar-refractivity contribution >= 4 is 10.9 Å². The third kappa shape index (κ3) is 2.20. The number of aromatic nitrogens is 1. The summed E-state index contributed by atoms with van der Waals surface area (Å²) < 4.78 is 14.5. The predicted molar refractivity (Wildman–Crippen MR) is 82.9 cm³/mol. The van der Waals surface area contributed by atoms with Crippen molar-refractivity contribution in [2.24, 2.45) is 0 Å². The number of benzene rings is 2. The van der Waals surface area contributed by atoms with Gasteiger partial charge in [-0.15, -0.1) is 0 Å². The first-order chi connectivity index (χ1) is 10.6. The van der Waals surface area contributed by atoms with Crippen LogP contribution < -0.4 is 5.43 Å². The molecule has 0 spiro atoms. The Bertz CT molecular complexity index is 888. The first-order valence-corrected chi connectivity index (χ1v) is 6.83. The fourth-order valence-electron chi connectivity index (χ4n) is 2.63. The van der Waals surface area contributed by atoms with Gasteiger partial charge in [-0.3, -0.25) is 4.79 Å². The van der Waals surface area contributed by atoms with Crippen LogP contribution in [0.4, 0.5) is 4.39 Å². The van der Waals surface area contributed by atoms with Crippen LogP contribution in [-0.2, 0) is 6.54 Å². The Labute approximate surface area is 125 Å². The van der Waals surface area contributed by atoms with Crippen LogP contribution in [-0.4, -0.2) is 21.5 Å². The first-order valence-electron chi connectivity index (χ1n) is 6.83. The molecule has 112 valence electrons. The van der Waals surface area contributed by atoms with Gasteiger partial charge in [0.2, 0.25) is 5.43 Å². The molecular formula is C17H14FNO3. The van der Waals surface area contributed by atoms with Gasteiger partial charge in [-0.05, 0) is 18.2 Å². The third-order valence-corrected chi connectivity index (χ3v) is 3.58. The number of aromatic hydroxyl groups is 2. The van der Waals surface area contributed by atoms with Crippen molar-refractivity contribution in [2.45, 2.75) is 6.54 Å². The van der Waals surface area contributed by atoms with Crippen molar-refractivity contribution in [1.82, 2.24) is 4.57 Å². The minimum Gasteiger partial charge on any atom is -0.508 e. The number of pyridine rings is 1. The van der Waals surface area contributed by atoms with Crippen molar-refractivity contribution in [3.05, 3.63) is 58.8 Å². The Morgan fingerprint density at radius 1 is 1.05 bits per heavy atom. The Hall–Kier alpha value is -2.82. The molecule has 3 aromatic rings. The van der Waals surface area contributed by atoms with Gasteiger partial charge in [0.05, 0.1) is 23.1 Å². The van der Waals surface area contributed by atoms with E-state index in [4.69, 9.17) is 0 Å². The SMILES string of the molecule is O=c1c(O)c(-c2ccccc2)n(CCF)c2ccc(O)cc12. The molecule has 22 heavy (non-hydrogen) atoms. The van der Waals surface area contributed by atoms with Gasteiger partial charge in [-0.2, -0.15) is 0 Å². The maximum Gasteiger partial charge on any atom is 0.231 e. The number of fused-ring (bicyclic) bond motifs is 1. The highest BCUT2D eigenvalue weighted by Crippen LogP contribution is 2.31. The highest BCUT2D eigenvalue weighted by molar-refractivity contribution is 5.86. The monoisotopic (exact) mass is 299 g/mol. The van der Waals surface area contributed by atoms with E-state index in [-0.39, 0.29) is 23.4 Å². The van der Waals surface area contributed by atoms with E-state index in [9.17, 15) is 19.4 Å². The Balaban J connectivity index is 2.46. The Morgan fingerprint density at radius 2 is 1.77 bits per heavy atom. The van der Waals surface area contributed by atoms with Gasteiger partial charge in [0.25, 0.3) is 0 Å². The lowest BCUT2D eigenvalue weighted by Gasteiger charge is -2.17. The van der Waals surface area contributed by atoms with Crippen LogP contribution in [0.25, 0.3) is 22.2 Å². The summed E-state index contributed by atoms with van der Waals surface area (Å²) in [4.78, 5) is 12.4. The van der Waals surface area contributed by atoms with Crippen LogP contribution in [0.3, 0.4) is 0 Å². The maximum absolute atomic E-state index is 13.0. The van der Waals surface area contributed by atoms with E-state index in [1.54, 1.807) is 34.9 Å². The van der Waals surface area contributed by atoms with E-state index in [1.807, 2.05) is 6.07 Å². The van der Waals surface area contributed by atoms with Crippen LogP contribution in [0.2, 0.25) is 0 Å². The Morgan fingerprint density at radius 3 is 2.45 bits per heavy atom. The van der Waals surface area contributed by atoms with Gasteiger partial charge in [-0.25, -0.2) is 4.39 Å². The number of halogens is 1. The number of hydrogen-bond acceptors (Lipinski definition) is 3. The molecule has 0 bridgehead atoms. The zero-order valence-corrected chi connectivity index (χ0v) is 11.7. The fraction of sp³-hybridized carbons (Fsp3) is 0.118. The van der Waals surface area contributed by atoms with Crippen LogP contribution >= 0.6 is 0 Å². The minimum absolute atomic E-state index is 0.000652. The lowest BCUT2D eigenvalue weighted by atomic mass is 10.1. The van der Waals surface area contributed by atoms with E-state index in [0.29, 0.717) is 11.1 Å². The van der Waals surface area contributed by atoms with Crippen molar-refractivity contribution in [2.75, 3.05) is 6.67 Å². The largest absolute Gasteiger partial charge is 0.508 e. The molecule has 0 atom stereocenters. The van der Waals surface area contributed by atoms with E-state index < -0.39 is 17.9 Å². The molecule has 5 heteroatoms. The van der Waals surface area contributed by atoms with Gasteiger partial charge < -0.3 is 14.8 Å². The molecule has 0 saturated carbocycles. The lowest BCUT2D eigenvalue weighted by Crippen LogP contribution is -2.14. The molecule has 0 radical (unpaired) electrons. The molecule has 1 heterocycles. The van der Waals surface area contributed by atoms with Crippen molar-refractivity contribution in [3.8, 4) is 22.8 Å². The molecule has 0 aliphatic rings. The smallest absolute Gasteiger partial charge is 0.231 e. The highest BCUT2D eigenvalue weighted by Gasteiger charge is 2.18. The number of phenolic OH excluding ortho intramolecular Hbond substituents is 1. The average Bonchev–Trinajstić information content (AvgIpc) is 2.53. The second-order valence-corrected chi connectivity index (χ2v) is 4.93. The summed E-state index contributed by atoms with van der Waals surface area (Å²) in [6.07, 6.45) is 0. The highest BCUT2D eigenvalue weighted by atomic mass is 19.1. The minimum atomic E-state index is -0.641.